The number of nitrogens with one attached hydrogen (secondary N) is 2. The molecule has 1 heterocycles. The van der Waals surface area contributed by atoms with Crippen molar-refractivity contribution in [2.75, 3.05) is 18.8 Å². The van der Waals surface area contributed by atoms with Crippen LogP contribution >= 0.6 is 11.8 Å². The summed E-state index contributed by atoms with van der Waals surface area (Å²) in [6.45, 7) is 4.97. The van der Waals surface area contributed by atoms with Crippen molar-refractivity contribution in [3.63, 3.8) is 0 Å². The fourth-order valence-corrected chi connectivity index (χ4v) is 4.53. The maximum absolute atomic E-state index is 12.4. The molecule has 4 aromatic rings. The number of para-hydroxylation sites is 1. The zero-order chi connectivity index (χ0) is 31.5. The first-order valence-corrected chi connectivity index (χ1v) is 14.5. The highest BCUT2D eigenvalue weighted by atomic mass is 32.2. The Bertz CT molecular complexity index is 1580. The van der Waals surface area contributed by atoms with Crippen LogP contribution < -0.4 is 21.2 Å². The minimum atomic E-state index is -4.76. The number of alkyl halides is 3. The second-order valence-electron chi connectivity index (χ2n) is 9.48. The number of aryl methyl sites for hydroxylation is 2. The highest BCUT2D eigenvalue weighted by Crippen LogP contribution is 2.25. The van der Waals surface area contributed by atoms with Crippen LogP contribution in [0.5, 0.6) is 5.75 Å². The molecule has 4 N–H and O–H groups in total. The van der Waals surface area contributed by atoms with Gasteiger partial charge in [0.15, 0.2) is 11.0 Å². The van der Waals surface area contributed by atoms with E-state index in [9.17, 15) is 18.0 Å². The van der Waals surface area contributed by atoms with Gasteiger partial charge in [-0.15, -0.1) is 18.3 Å². The molecular formula is C30H31F3N8O2S. The van der Waals surface area contributed by atoms with Crippen molar-refractivity contribution in [2.24, 2.45) is 15.8 Å². The molecule has 0 atom stereocenters. The van der Waals surface area contributed by atoms with Gasteiger partial charge in [-0.1, -0.05) is 54.2 Å². The lowest BCUT2D eigenvalue weighted by molar-refractivity contribution is -0.274. The van der Waals surface area contributed by atoms with E-state index in [1.807, 2.05) is 56.3 Å². The quantitative estimate of drug-likeness (QED) is 0.0898. The summed E-state index contributed by atoms with van der Waals surface area (Å²) in [6, 6.07) is 18.6. The Morgan fingerprint density at radius 2 is 1.77 bits per heavy atom. The molecule has 0 bridgehead atoms. The normalized spacial score (nSPS) is 12.0. The van der Waals surface area contributed by atoms with E-state index < -0.39 is 6.36 Å². The predicted octanol–water partition coefficient (Wildman–Crippen LogP) is 5.26. The third-order valence-electron chi connectivity index (χ3n) is 6.07. The number of aromatic nitrogens is 3. The highest BCUT2D eigenvalue weighted by Gasteiger charge is 2.31. The van der Waals surface area contributed by atoms with E-state index in [-0.39, 0.29) is 17.4 Å². The number of nitrogens with two attached hydrogens (primary N) is 1. The number of amides is 1. The molecule has 0 fully saturated rings. The smallest absolute Gasteiger partial charge is 0.406 e. The zero-order valence-corrected chi connectivity index (χ0v) is 24.8. The van der Waals surface area contributed by atoms with Gasteiger partial charge in [0.2, 0.25) is 5.91 Å². The van der Waals surface area contributed by atoms with Crippen LogP contribution in [0.3, 0.4) is 0 Å². The molecule has 44 heavy (non-hydrogen) atoms. The Kier molecular flexibility index (Phi) is 11.1. The van der Waals surface area contributed by atoms with Crippen LogP contribution in [-0.4, -0.2) is 57.3 Å². The van der Waals surface area contributed by atoms with Crippen molar-refractivity contribution < 1.29 is 22.7 Å². The molecule has 1 aromatic heterocycles. The summed E-state index contributed by atoms with van der Waals surface area (Å²) in [5, 5.41) is 12.1. The van der Waals surface area contributed by atoms with Gasteiger partial charge in [-0.3, -0.25) is 10.2 Å². The number of rotatable bonds is 11. The molecule has 0 aliphatic rings. The van der Waals surface area contributed by atoms with Gasteiger partial charge in [0.25, 0.3) is 0 Å². The van der Waals surface area contributed by atoms with Crippen LogP contribution in [0, 0.1) is 13.8 Å². The number of amidine groups is 1. The predicted molar refractivity (Wildman–Crippen MR) is 166 cm³/mol. The number of benzene rings is 3. The first-order valence-electron chi connectivity index (χ1n) is 13.5. The van der Waals surface area contributed by atoms with Crippen molar-refractivity contribution in [3.8, 4) is 22.8 Å². The second-order valence-corrected chi connectivity index (χ2v) is 10.4. The third kappa shape index (κ3) is 9.67. The Morgan fingerprint density at radius 3 is 2.43 bits per heavy atom. The molecule has 1 amide bonds. The molecule has 0 saturated carbocycles. The van der Waals surface area contributed by atoms with Crippen LogP contribution in [0.1, 0.15) is 23.1 Å². The number of hydrogen-bond acceptors (Lipinski definition) is 8. The summed E-state index contributed by atoms with van der Waals surface area (Å²) < 4.78 is 42.6. The van der Waals surface area contributed by atoms with Crippen molar-refractivity contribution in [1.29, 1.82) is 0 Å². The minimum absolute atomic E-state index is 0.123. The number of carbonyl (C=O) groups excluding carboxylic acids is 1. The fourth-order valence-electron chi connectivity index (χ4n) is 3.89. The number of halogens is 3. The molecule has 0 saturated heterocycles. The maximum Gasteiger partial charge on any atom is 0.573 e. The van der Waals surface area contributed by atoms with E-state index in [4.69, 9.17) is 10.7 Å². The van der Waals surface area contributed by atoms with Gasteiger partial charge < -0.3 is 15.8 Å². The zero-order valence-electron chi connectivity index (χ0n) is 24.0. The molecule has 0 aliphatic carbocycles. The van der Waals surface area contributed by atoms with Gasteiger partial charge in [0.1, 0.15) is 12.1 Å². The summed E-state index contributed by atoms with van der Waals surface area (Å²) in [7, 11) is 0. The molecule has 230 valence electrons. The molecule has 0 aliphatic heterocycles. The van der Waals surface area contributed by atoms with Gasteiger partial charge >= 0.3 is 6.36 Å². The Morgan fingerprint density at radius 1 is 1.07 bits per heavy atom. The summed E-state index contributed by atoms with van der Waals surface area (Å²) >= 11 is 1.24. The summed E-state index contributed by atoms with van der Waals surface area (Å²) in [4.78, 5) is 21.3. The largest absolute Gasteiger partial charge is 0.573 e. The van der Waals surface area contributed by atoms with Crippen LogP contribution in [0.2, 0.25) is 0 Å². The number of thioether (sulfide) groups is 1. The maximum atomic E-state index is 12.4. The average Bonchev–Trinajstić information content (AvgIpc) is 3.48. The lowest BCUT2D eigenvalue weighted by atomic mass is 10.1. The minimum Gasteiger partial charge on any atom is -0.406 e. The van der Waals surface area contributed by atoms with Gasteiger partial charge in [-0.25, -0.2) is 14.7 Å². The first kappa shape index (κ1) is 32.2. The molecule has 0 radical (unpaired) electrons. The lowest BCUT2D eigenvalue weighted by Gasteiger charge is -2.09. The van der Waals surface area contributed by atoms with Crippen molar-refractivity contribution >= 4 is 34.7 Å². The van der Waals surface area contributed by atoms with Crippen LogP contribution in [0.15, 0.2) is 83.2 Å². The van der Waals surface area contributed by atoms with Gasteiger partial charge in [0.05, 0.1) is 23.3 Å². The van der Waals surface area contributed by atoms with Gasteiger partial charge in [0, 0.05) is 12.1 Å². The Hall–Kier alpha value is -4.69. The van der Waals surface area contributed by atoms with Crippen LogP contribution in [0.25, 0.3) is 17.1 Å². The summed E-state index contributed by atoms with van der Waals surface area (Å²) in [6.07, 6.45) is -0.951. The van der Waals surface area contributed by atoms with Gasteiger partial charge in [-0.2, -0.15) is 5.10 Å². The SMILES string of the molecule is Cc1cccc(C)c1N=C(N/N=C\c1ccc(-c2ncn(-c3ccc(OC(F)(F)F)cc3)n2)cc1)SCC(=O)NCCCN. The van der Waals surface area contributed by atoms with Gasteiger partial charge in [-0.05, 0) is 67.8 Å². The molecule has 3 aromatic carbocycles. The van der Waals surface area contributed by atoms with E-state index in [2.05, 4.69) is 30.7 Å². The molecule has 0 unspecified atom stereocenters. The van der Waals surface area contributed by atoms with Crippen LogP contribution in [0.4, 0.5) is 18.9 Å². The van der Waals surface area contributed by atoms with Crippen molar-refractivity contribution in [3.05, 3.63) is 89.7 Å². The molecule has 4 rings (SSSR count). The lowest BCUT2D eigenvalue weighted by Crippen LogP contribution is -2.28. The third-order valence-corrected chi connectivity index (χ3v) is 6.93. The monoisotopic (exact) mass is 624 g/mol. The van der Waals surface area contributed by atoms with Crippen LogP contribution in [-0.2, 0) is 4.79 Å². The number of ether oxygens (including phenoxy) is 1. The summed E-state index contributed by atoms with van der Waals surface area (Å²) in [5.41, 5.74) is 13.3. The highest BCUT2D eigenvalue weighted by molar-refractivity contribution is 8.14. The number of nitrogens with zero attached hydrogens (tertiary/aromatic N) is 5. The molecule has 0 spiro atoms. The number of hydrazone groups is 1. The van der Waals surface area contributed by atoms with E-state index in [0.29, 0.717) is 36.2 Å². The molecule has 10 nitrogen and oxygen atoms in total. The molecular weight excluding hydrogens is 593 g/mol. The summed E-state index contributed by atoms with van der Waals surface area (Å²) in [5.74, 6) is 0.157. The average molecular weight is 625 g/mol. The molecule has 14 heteroatoms. The Balaban J connectivity index is 1.41. The number of carbonyl (C=O) groups is 1. The first-order chi connectivity index (χ1) is 21.1. The standard InChI is InChI=1S/C30H31F3N8O2S/c1-20-5-3-6-21(2)27(20)38-29(44-18-26(42)35-16-4-15-34)39-37-17-22-7-9-23(10-8-22)28-36-19-41(40-28)24-11-13-25(14-12-24)43-30(31,32)33/h3,5-14,17,19H,4,15-16,18,34H2,1-2H3,(H,35,42)(H,38,39)/b37-17-. The van der Waals surface area contributed by atoms with Crippen molar-refractivity contribution in [2.45, 2.75) is 26.6 Å². The second kappa shape index (κ2) is 15.2. The van der Waals surface area contributed by atoms with Crippen molar-refractivity contribution in [1.82, 2.24) is 25.5 Å². The van der Waals surface area contributed by atoms with E-state index >= 15 is 0 Å². The fraction of sp³-hybridized carbons (Fsp3) is 0.233. The van der Waals surface area contributed by atoms with E-state index in [0.717, 1.165) is 27.9 Å². The topological polar surface area (TPSA) is 132 Å². The number of hydrogen-bond donors (Lipinski definition) is 3. The van der Waals surface area contributed by atoms with E-state index in [1.54, 1.807) is 6.21 Å². The Labute approximate surface area is 256 Å². The number of aliphatic imine (C=N–C) groups is 1. The van der Waals surface area contributed by atoms with E-state index in [1.165, 1.54) is 47.0 Å².